The number of rotatable bonds is 12. The van der Waals surface area contributed by atoms with Crippen molar-refractivity contribution in [3.8, 4) is 17.2 Å². The Labute approximate surface area is 318 Å². The number of sulfonamides is 1. The van der Waals surface area contributed by atoms with Crippen LogP contribution in [0.2, 0.25) is 10.0 Å². The molecule has 0 aromatic heterocycles. The van der Waals surface area contributed by atoms with Gasteiger partial charge in [0.1, 0.15) is 42.9 Å². The lowest BCUT2D eigenvalue weighted by molar-refractivity contribution is -0.142. The number of nitrogens with zero attached hydrogens (tertiary/aromatic N) is 1. The molecule has 4 atom stereocenters. The highest BCUT2D eigenvalue weighted by Gasteiger charge is 2.40. The number of aliphatic carboxylic acids is 1. The van der Waals surface area contributed by atoms with E-state index < -0.39 is 34.0 Å². The van der Waals surface area contributed by atoms with Gasteiger partial charge in [-0.25, -0.2) is 13.2 Å². The van der Waals surface area contributed by atoms with Crippen molar-refractivity contribution in [1.82, 2.24) is 9.62 Å². The molecule has 11 nitrogen and oxygen atoms in total. The number of carbonyl (C=O) groups excluding carboxylic acids is 1. The lowest BCUT2D eigenvalue weighted by Crippen LogP contribution is -2.55. The van der Waals surface area contributed by atoms with Gasteiger partial charge in [-0.2, -0.15) is 4.31 Å². The lowest BCUT2D eigenvalue weighted by Gasteiger charge is -2.37. The average molecular weight is 784 g/mol. The Balaban J connectivity index is 1.10. The average Bonchev–Trinajstić information content (AvgIpc) is 3.13. The zero-order valence-corrected chi connectivity index (χ0v) is 31.7. The van der Waals surface area contributed by atoms with E-state index in [1.54, 1.807) is 48.5 Å². The second-order valence-corrected chi connectivity index (χ2v) is 16.0. The van der Waals surface area contributed by atoms with E-state index in [-0.39, 0.29) is 38.0 Å². The third-order valence-corrected chi connectivity index (χ3v) is 11.4. The molecule has 2 aliphatic heterocycles. The van der Waals surface area contributed by atoms with Gasteiger partial charge in [0, 0.05) is 18.9 Å². The van der Waals surface area contributed by atoms with E-state index >= 15 is 0 Å². The molecule has 3 aromatic rings. The van der Waals surface area contributed by atoms with Crippen molar-refractivity contribution in [3.63, 3.8) is 0 Å². The zero-order chi connectivity index (χ0) is 37.9. The third kappa shape index (κ3) is 9.36. The molecular formula is C39H40Cl2N2O9S. The van der Waals surface area contributed by atoms with Gasteiger partial charge < -0.3 is 29.4 Å². The maximum absolute atomic E-state index is 13.7. The summed E-state index contributed by atoms with van der Waals surface area (Å²) in [6.07, 6.45) is 9.15. The molecule has 0 radical (unpaired) electrons. The van der Waals surface area contributed by atoms with Crippen LogP contribution in [0.4, 0.5) is 0 Å². The van der Waals surface area contributed by atoms with Gasteiger partial charge in [0.15, 0.2) is 11.5 Å². The zero-order valence-electron chi connectivity index (χ0n) is 29.4. The van der Waals surface area contributed by atoms with Crippen molar-refractivity contribution < 1.29 is 42.1 Å². The standard InChI is InChI=1S/C39H40Cl2N2O9S/c1-4-23(2)51-30-10-5-24(6-11-30)16-33(39(45)46)42-38(44)34-17-27-18-35-36(19-28(27)20-43(34)53(3,47)48)52-37(22-50-35)26-8-12-29(13-9-26)49-21-25-7-14-31(40)32(41)15-25/h4-8,10-15,18-19,26,33-34,37H,9,16-17,20-22H2,1-3H3,(H,42,44)(H,45,46)/b23-4+/t26?,33-,34-,37+/m0/s1. The van der Waals surface area contributed by atoms with Gasteiger partial charge in [-0.15, -0.1) is 0 Å². The number of carboxylic acids is 1. The van der Waals surface area contributed by atoms with Crippen molar-refractivity contribution in [1.29, 1.82) is 0 Å². The Bertz CT molecular complexity index is 2080. The molecule has 2 heterocycles. The van der Waals surface area contributed by atoms with E-state index in [2.05, 4.69) is 5.32 Å². The Morgan fingerprint density at radius 2 is 1.79 bits per heavy atom. The molecule has 280 valence electrons. The number of halogens is 2. The summed E-state index contributed by atoms with van der Waals surface area (Å²) in [6.45, 7) is 4.21. The highest BCUT2D eigenvalue weighted by molar-refractivity contribution is 7.88. The van der Waals surface area contributed by atoms with E-state index in [1.165, 1.54) is 0 Å². The topological polar surface area (TPSA) is 141 Å². The van der Waals surface area contributed by atoms with E-state index in [0.717, 1.165) is 27.6 Å². The molecule has 3 aromatic carbocycles. The first-order valence-electron chi connectivity index (χ1n) is 17.1. The molecule has 1 amide bonds. The summed E-state index contributed by atoms with van der Waals surface area (Å²) < 4.78 is 51.2. The minimum Gasteiger partial charge on any atom is -0.489 e. The summed E-state index contributed by atoms with van der Waals surface area (Å²) in [6, 6.07) is 13.3. The second-order valence-electron chi connectivity index (χ2n) is 13.2. The van der Waals surface area contributed by atoms with Gasteiger partial charge in [-0.1, -0.05) is 47.5 Å². The van der Waals surface area contributed by atoms with Gasteiger partial charge in [-0.3, -0.25) is 4.79 Å². The smallest absolute Gasteiger partial charge is 0.326 e. The Hall–Kier alpha value is -4.49. The van der Waals surface area contributed by atoms with Crippen molar-refractivity contribution in [3.05, 3.63) is 123 Å². The SMILES string of the molecule is C/C=C(\C)Oc1ccc(C[C@H](NC(=O)[C@@H]2Cc3cc4c(cc3CN2S(C)(=O)=O)O[C@@H](C2C=CC(OCc3ccc(Cl)c(Cl)c3)=CC2)CO4)C(=O)O)cc1. The van der Waals surface area contributed by atoms with Crippen molar-refractivity contribution in [2.45, 2.75) is 64.4 Å². The van der Waals surface area contributed by atoms with Gasteiger partial charge >= 0.3 is 5.97 Å². The number of amides is 1. The van der Waals surface area contributed by atoms with Crippen LogP contribution in [0.3, 0.4) is 0 Å². The van der Waals surface area contributed by atoms with E-state index in [4.69, 9.17) is 42.1 Å². The first kappa shape index (κ1) is 38.2. The van der Waals surface area contributed by atoms with Gasteiger partial charge in [0.25, 0.3) is 0 Å². The quantitative estimate of drug-likeness (QED) is 0.194. The van der Waals surface area contributed by atoms with Gasteiger partial charge in [-0.05, 0) is 104 Å². The third-order valence-electron chi connectivity index (χ3n) is 9.39. The van der Waals surface area contributed by atoms with Crippen LogP contribution >= 0.6 is 23.2 Å². The van der Waals surface area contributed by atoms with Crippen LogP contribution < -0.4 is 19.5 Å². The monoisotopic (exact) mass is 782 g/mol. The summed E-state index contributed by atoms with van der Waals surface area (Å²) in [5.74, 6) is 1.08. The number of benzene rings is 3. The van der Waals surface area contributed by atoms with Crippen LogP contribution in [0.5, 0.6) is 17.2 Å². The molecule has 0 spiro atoms. The van der Waals surface area contributed by atoms with E-state index in [9.17, 15) is 23.1 Å². The molecule has 3 aliphatic rings. The van der Waals surface area contributed by atoms with Crippen LogP contribution in [0, 0.1) is 5.92 Å². The molecule has 1 unspecified atom stereocenters. The van der Waals surface area contributed by atoms with Crippen molar-refractivity contribution >= 4 is 45.1 Å². The van der Waals surface area contributed by atoms with Crippen molar-refractivity contribution in [2.24, 2.45) is 5.92 Å². The lowest BCUT2D eigenvalue weighted by atomic mass is 9.92. The largest absolute Gasteiger partial charge is 0.489 e. The maximum atomic E-state index is 13.7. The molecule has 0 bridgehead atoms. The van der Waals surface area contributed by atoms with E-state index in [1.807, 2.05) is 44.2 Å². The Morgan fingerprint density at radius 3 is 2.45 bits per heavy atom. The highest BCUT2D eigenvalue weighted by Crippen LogP contribution is 2.40. The summed E-state index contributed by atoms with van der Waals surface area (Å²) >= 11 is 12.1. The molecule has 0 saturated heterocycles. The van der Waals surface area contributed by atoms with Crippen LogP contribution in [-0.4, -0.2) is 60.8 Å². The molecule has 2 N–H and O–H groups in total. The van der Waals surface area contributed by atoms with Gasteiger partial charge in [0.2, 0.25) is 15.9 Å². The molecule has 14 heteroatoms. The fraction of sp³-hybridized carbons (Fsp3) is 0.333. The molecule has 53 heavy (non-hydrogen) atoms. The number of allylic oxidation sites excluding steroid dienone is 4. The first-order valence-corrected chi connectivity index (χ1v) is 19.7. The summed E-state index contributed by atoms with van der Waals surface area (Å²) in [5, 5.41) is 13.5. The molecular weight excluding hydrogens is 743 g/mol. The fourth-order valence-corrected chi connectivity index (χ4v) is 7.69. The number of carbonyl (C=O) groups is 2. The highest BCUT2D eigenvalue weighted by atomic mass is 35.5. The molecule has 0 fully saturated rings. The number of ether oxygens (including phenoxy) is 4. The Kier molecular flexibility index (Phi) is 11.7. The Morgan fingerprint density at radius 1 is 1.06 bits per heavy atom. The number of carboxylic acid groups (broad SMARTS) is 1. The summed E-state index contributed by atoms with van der Waals surface area (Å²) in [7, 11) is -3.88. The van der Waals surface area contributed by atoms with Crippen LogP contribution in [-0.2, 0) is 50.3 Å². The maximum Gasteiger partial charge on any atom is 0.326 e. The van der Waals surface area contributed by atoms with Crippen LogP contribution in [0.25, 0.3) is 0 Å². The molecule has 0 saturated carbocycles. The predicted octanol–water partition coefficient (Wildman–Crippen LogP) is 6.61. The molecule has 6 rings (SSSR count). The number of hydrogen-bond donors (Lipinski definition) is 2. The molecule has 1 aliphatic carbocycles. The number of hydrogen-bond acceptors (Lipinski definition) is 8. The predicted molar refractivity (Wildman–Crippen MR) is 201 cm³/mol. The van der Waals surface area contributed by atoms with E-state index in [0.29, 0.717) is 57.0 Å². The number of nitrogens with one attached hydrogen (secondary N) is 1. The fourth-order valence-electron chi connectivity index (χ4n) is 6.36. The summed E-state index contributed by atoms with van der Waals surface area (Å²) in [4.78, 5) is 25.9. The minimum absolute atomic E-state index is 0.00737. The van der Waals surface area contributed by atoms with Gasteiger partial charge in [0.05, 0.1) is 22.1 Å². The van der Waals surface area contributed by atoms with Crippen LogP contribution in [0.15, 0.2) is 90.4 Å². The van der Waals surface area contributed by atoms with Crippen molar-refractivity contribution in [2.75, 3.05) is 12.9 Å². The summed E-state index contributed by atoms with van der Waals surface area (Å²) in [5.41, 5.74) is 2.95. The first-order chi connectivity index (χ1) is 25.3. The second kappa shape index (κ2) is 16.3. The van der Waals surface area contributed by atoms with Crippen LogP contribution in [0.1, 0.15) is 42.5 Å². The minimum atomic E-state index is -3.88. The normalized spacial score (nSPS) is 20.5. The number of fused-ring (bicyclic) bond motifs is 2.